The molecular formula is C10H14O4. The van der Waals surface area contributed by atoms with Crippen LogP contribution >= 0.6 is 0 Å². The van der Waals surface area contributed by atoms with E-state index in [9.17, 15) is 9.59 Å². The third-order valence-corrected chi connectivity index (χ3v) is 2.10. The Morgan fingerprint density at radius 1 is 1.43 bits per heavy atom. The quantitative estimate of drug-likeness (QED) is 0.422. The fourth-order valence-corrected chi connectivity index (χ4v) is 1.38. The average molecular weight is 198 g/mol. The molecule has 0 aliphatic heterocycles. The van der Waals surface area contributed by atoms with Gasteiger partial charge >= 0.3 is 11.9 Å². The Morgan fingerprint density at radius 3 is 2.79 bits per heavy atom. The molecule has 0 aromatic carbocycles. The van der Waals surface area contributed by atoms with Crippen molar-refractivity contribution in [3.8, 4) is 0 Å². The van der Waals surface area contributed by atoms with Gasteiger partial charge in [-0.3, -0.25) is 9.59 Å². The molecule has 0 spiro atoms. The number of aliphatic carboxylic acids is 1. The molecule has 1 rings (SSSR count). The third kappa shape index (κ3) is 4.07. The fourth-order valence-electron chi connectivity index (χ4n) is 1.38. The maximum Gasteiger partial charge on any atom is 0.317 e. The molecule has 0 unspecified atom stereocenters. The van der Waals surface area contributed by atoms with E-state index >= 15 is 0 Å². The van der Waals surface area contributed by atoms with E-state index in [1.165, 1.54) is 6.42 Å². The summed E-state index contributed by atoms with van der Waals surface area (Å²) in [7, 11) is 0. The van der Waals surface area contributed by atoms with Gasteiger partial charge in [-0.15, -0.1) is 0 Å². The topological polar surface area (TPSA) is 63.6 Å². The van der Waals surface area contributed by atoms with Crippen molar-refractivity contribution in [3.63, 3.8) is 0 Å². The van der Waals surface area contributed by atoms with Crippen LogP contribution in [0.15, 0.2) is 11.6 Å². The maximum absolute atomic E-state index is 10.9. The second-order valence-corrected chi connectivity index (χ2v) is 3.34. The van der Waals surface area contributed by atoms with Gasteiger partial charge in [-0.05, 0) is 31.3 Å². The molecule has 1 N–H and O–H groups in total. The fraction of sp³-hybridized carbons (Fsp3) is 0.600. The van der Waals surface area contributed by atoms with Crippen molar-refractivity contribution in [2.45, 2.75) is 32.1 Å². The predicted molar refractivity (Wildman–Crippen MR) is 49.8 cm³/mol. The van der Waals surface area contributed by atoms with Crippen LogP contribution in [0.3, 0.4) is 0 Å². The number of hydrogen-bond donors (Lipinski definition) is 1. The minimum atomic E-state index is -1.15. The number of hydrogen-bond acceptors (Lipinski definition) is 3. The van der Waals surface area contributed by atoms with Crippen LogP contribution in [0.1, 0.15) is 32.1 Å². The van der Waals surface area contributed by atoms with Gasteiger partial charge in [-0.2, -0.15) is 0 Å². The van der Waals surface area contributed by atoms with Gasteiger partial charge < -0.3 is 9.84 Å². The Labute approximate surface area is 82.6 Å². The molecule has 0 aromatic rings. The molecule has 1 aliphatic rings. The number of rotatable bonds is 4. The van der Waals surface area contributed by atoms with Crippen molar-refractivity contribution in [1.29, 1.82) is 0 Å². The molecule has 4 nitrogen and oxygen atoms in total. The summed E-state index contributed by atoms with van der Waals surface area (Å²) in [6.07, 6.45) is 5.83. The van der Waals surface area contributed by atoms with Crippen molar-refractivity contribution in [1.82, 2.24) is 0 Å². The number of esters is 1. The van der Waals surface area contributed by atoms with Gasteiger partial charge in [0.1, 0.15) is 13.0 Å². The largest absolute Gasteiger partial charge is 0.481 e. The highest BCUT2D eigenvalue weighted by atomic mass is 16.5. The first kappa shape index (κ1) is 10.8. The SMILES string of the molecule is O=C(O)CC(=O)OCC1=CCCCC1. The normalized spacial score (nSPS) is 15.9. The van der Waals surface area contributed by atoms with Crippen molar-refractivity contribution >= 4 is 11.9 Å². The molecular weight excluding hydrogens is 184 g/mol. The Hall–Kier alpha value is -1.32. The lowest BCUT2D eigenvalue weighted by Gasteiger charge is -2.12. The highest BCUT2D eigenvalue weighted by Crippen LogP contribution is 2.17. The van der Waals surface area contributed by atoms with E-state index in [0.29, 0.717) is 0 Å². The maximum atomic E-state index is 10.9. The van der Waals surface area contributed by atoms with Gasteiger partial charge in [0.25, 0.3) is 0 Å². The van der Waals surface area contributed by atoms with Crippen LogP contribution in [0.5, 0.6) is 0 Å². The number of carboxylic acids is 1. The van der Waals surface area contributed by atoms with Gasteiger partial charge in [0, 0.05) is 0 Å². The van der Waals surface area contributed by atoms with Crippen LogP contribution in [0.25, 0.3) is 0 Å². The summed E-state index contributed by atoms with van der Waals surface area (Å²) >= 11 is 0. The molecule has 0 fully saturated rings. The second-order valence-electron chi connectivity index (χ2n) is 3.34. The minimum Gasteiger partial charge on any atom is -0.481 e. The third-order valence-electron chi connectivity index (χ3n) is 2.10. The van der Waals surface area contributed by atoms with Gasteiger partial charge in [0.15, 0.2) is 0 Å². The van der Waals surface area contributed by atoms with Crippen molar-refractivity contribution in [2.24, 2.45) is 0 Å². The summed E-state index contributed by atoms with van der Waals surface area (Å²) in [4.78, 5) is 21.0. The van der Waals surface area contributed by atoms with Gasteiger partial charge in [0.2, 0.25) is 0 Å². The summed E-state index contributed by atoms with van der Waals surface area (Å²) in [6, 6.07) is 0. The molecule has 0 radical (unpaired) electrons. The first-order chi connectivity index (χ1) is 6.68. The van der Waals surface area contributed by atoms with Crippen LogP contribution in [0.4, 0.5) is 0 Å². The van der Waals surface area contributed by atoms with Crippen LogP contribution in [0, 0.1) is 0 Å². The van der Waals surface area contributed by atoms with Crippen LogP contribution in [0.2, 0.25) is 0 Å². The standard InChI is InChI=1S/C10H14O4/c11-9(12)6-10(13)14-7-8-4-2-1-3-5-8/h4H,1-3,5-7H2,(H,11,12). The Bertz CT molecular complexity index is 255. The molecule has 0 amide bonds. The molecule has 0 bridgehead atoms. The zero-order valence-electron chi connectivity index (χ0n) is 7.99. The van der Waals surface area contributed by atoms with E-state index < -0.39 is 18.4 Å². The molecule has 0 saturated carbocycles. The smallest absolute Gasteiger partial charge is 0.317 e. The molecule has 0 heterocycles. The second kappa shape index (κ2) is 5.42. The zero-order chi connectivity index (χ0) is 10.4. The predicted octanol–water partition coefficient (Wildman–Crippen LogP) is 1.50. The molecule has 4 heteroatoms. The Kier molecular flexibility index (Phi) is 4.16. The lowest BCUT2D eigenvalue weighted by Crippen LogP contribution is -2.12. The lowest BCUT2D eigenvalue weighted by atomic mass is 10.0. The Morgan fingerprint density at radius 2 is 2.21 bits per heavy atom. The van der Waals surface area contributed by atoms with E-state index in [-0.39, 0.29) is 6.61 Å². The molecule has 0 aromatic heterocycles. The van der Waals surface area contributed by atoms with Gasteiger partial charge in [-0.25, -0.2) is 0 Å². The van der Waals surface area contributed by atoms with Gasteiger partial charge in [-0.1, -0.05) is 6.08 Å². The average Bonchev–Trinajstić information content (AvgIpc) is 2.15. The van der Waals surface area contributed by atoms with Crippen LogP contribution in [-0.2, 0) is 14.3 Å². The highest BCUT2D eigenvalue weighted by Gasteiger charge is 2.10. The molecule has 1 aliphatic carbocycles. The first-order valence-corrected chi connectivity index (χ1v) is 4.74. The van der Waals surface area contributed by atoms with E-state index in [0.717, 1.165) is 24.8 Å². The highest BCUT2D eigenvalue weighted by molar-refractivity contribution is 5.90. The summed E-state index contributed by atoms with van der Waals surface area (Å²) in [6.45, 7) is 0.256. The van der Waals surface area contributed by atoms with Crippen molar-refractivity contribution in [3.05, 3.63) is 11.6 Å². The van der Waals surface area contributed by atoms with E-state index in [1.807, 2.05) is 0 Å². The van der Waals surface area contributed by atoms with Crippen molar-refractivity contribution in [2.75, 3.05) is 6.61 Å². The van der Waals surface area contributed by atoms with E-state index in [1.54, 1.807) is 0 Å². The number of ether oxygens (including phenoxy) is 1. The van der Waals surface area contributed by atoms with E-state index in [2.05, 4.69) is 6.08 Å². The lowest BCUT2D eigenvalue weighted by molar-refractivity contribution is -0.150. The summed E-state index contributed by atoms with van der Waals surface area (Å²) in [5.74, 6) is -1.81. The molecule has 0 saturated heterocycles. The number of carbonyl (C=O) groups is 2. The number of carboxylic acid groups (broad SMARTS) is 1. The molecule has 0 atom stereocenters. The molecule has 78 valence electrons. The molecule has 14 heavy (non-hydrogen) atoms. The van der Waals surface area contributed by atoms with Crippen molar-refractivity contribution < 1.29 is 19.4 Å². The van der Waals surface area contributed by atoms with E-state index in [4.69, 9.17) is 9.84 Å². The summed E-state index contributed by atoms with van der Waals surface area (Å²) in [5, 5.41) is 8.31. The summed E-state index contributed by atoms with van der Waals surface area (Å²) < 4.78 is 4.80. The number of allylic oxidation sites excluding steroid dienone is 1. The minimum absolute atomic E-state index is 0.256. The summed E-state index contributed by atoms with van der Waals surface area (Å²) in [5.41, 5.74) is 1.11. The Balaban J connectivity index is 2.22. The zero-order valence-corrected chi connectivity index (χ0v) is 7.99. The number of carbonyl (C=O) groups excluding carboxylic acids is 1. The van der Waals surface area contributed by atoms with Gasteiger partial charge in [0.05, 0.1) is 0 Å². The van der Waals surface area contributed by atoms with Crippen LogP contribution < -0.4 is 0 Å². The monoisotopic (exact) mass is 198 g/mol. The first-order valence-electron chi connectivity index (χ1n) is 4.74. The van der Waals surface area contributed by atoms with Crippen LogP contribution in [-0.4, -0.2) is 23.7 Å².